The maximum absolute atomic E-state index is 14.2. The van der Waals surface area contributed by atoms with Crippen molar-refractivity contribution in [2.24, 2.45) is 0 Å². The molecule has 1 saturated heterocycles. The summed E-state index contributed by atoms with van der Waals surface area (Å²) in [4.78, 5) is 44.5. The quantitative estimate of drug-likeness (QED) is 0.266. The number of aryl methyl sites for hydroxylation is 1. The third kappa shape index (κ3) is 6.87. The van der Waals surface area contributed by atoms with E-state index in [4.69, 9.17) is 9.47 Å². The van der Waals surface area contributed by atoms with Gasteiger partial charge in [0.1, 0.15) is 6.04 Å². The van der Waals surface area contributed by atoms with Crippen molar-refractivity contribution in [1.29, 1.82) is 0 Å². The molecule has 3 heterocycles. The highest BCUT2D eigenvalue weighted by Gasteiger charge is 2.43. The van der Waals surface area contributed by atoms with Gasteiger partial charge in [-0.25, -0.2) is 28.1 Å². The Morgan fingerprint density at radius 3 is 2.68 bits per heavy atom. The van der Waals surface area contributed by atoms with Crippen LogP contribution in [0.3, 0.4) is 0 Å². The van der Waals surface area contributed by atoms with Gasteiger partial charge in [0, 0.05) is 32.4 Å². The lowest BCUT2D eigenvalue weighted by Crippen LogP contribution is -2.56. The van der Waals surface area contributed by atoms with E-state index in [1.54, 1.807) is 6.20 Å². The first-order chi connectivity index (χ1) is 19.7. The summed E-state index contributed by atoms with van der Waals surface area (Å²) in [5, 5.41) is 12.1. The number of nitrogens with zero attached hydrogens (tertiary/aromatic N) is 2. The van der Waals surface area contributed by atoms with Crippen LogP contribution in [-0.2, 0) is 14.3 Å². The van der Waals surface area contributed by atoms with Crippen LogP contribution in [0.25, 0.3) is 0 Å². The smallest absolute Gasteiger partial charge is 0.338 e. The second kappa shape index (κ2) is 13.6. The number of nitrogens with one attached hydrogen (secondary N) is 4. The van der Waals surface area contributed by atoms with Crippen molar-refractivity contribution in [3.8, 4) is 0 Å². The summed E-state index contributed by atoms with van der Waals surface area (Å²) < 4.78 is 38.0. The fourth-order valence-electron chi connectivity index (χ4n) is 5.18. The van der Waals surface area contributed by atoms with E-state index in [1.165, 1.54) is 13.2 Å². The van der Waals surface area contributed by atoms with Crippen LogP contribution in [0.5, 0.6) is 0 Å². The topological polar surface area (TPSA) is 134 Å². The van der Waals surface area contributed by atoms with E-state index in [1.807, 2.05) is 19.1 Å². The molecule has 0 spiro atoms. The molecule has 2 aliphatic rings. The van der Waals surface area contributed by atoms with Gasteiger partial charge in [-0.3, -0.25) is 4.98 Å². The number of rotatable bonds is 9. The Kier molecular flexibility index (Phi) is 9.97. The molecule has 0 saturated carbocycles. The number of methoxy groups -OCH3 is 2. The van der Waals surface area contributed by atoms with Crippen molar-refractivity contribution in [1.82, 2.24) is 31.2 Å². The number of ether oxygens (including phenoxy) is 2. The molecule has 13 heteroatoms. The molecule has 1 fully saturated rings. The van der Waals surface area contributed by atoms with Gasteiger partial charge in [-0.05, 0) is 55.6 Å². The van der Waals surface area contributed by atoms with Gasteiger partial charge < -0.3 is 30.7 Å². The molecule has 0 aliphatic carbocycles. The Bertz CT molecular complexity index is 1320. The monoisotopic (exact) mass is 572 g/mol. The number of piperidine rings is 1. The Balaban J connectivity index is 1.47. The SMILES string of the molecule is COCC1=C(C(=O)OC)[C@H](c2ccc(F)c(F)c2)N(C(=O)NCCNC2CCNC(c3ncccc3C)C2)C(=O)N1. The van der Waals surface area contributed by atoms with Crippen molar-refractivity contribution in [2.75, 3.05) is 40.5 Å². The molecule has 1 aromatic carbocycles. The van der Waals surface area contributed by atoms with E-state index in [-0.39, 0.29) is 42.1 Å². The predicted molar refractivity (Wildman–Crippen MR) is 145 cm³/mol. The summed E-state index contributed by atoms with van der Waals surface area (Å²) in [7, 11) is 2.49. The number of hydrogen-bond acceptors (Lipinski definition) is 8. The van der Waals surface area contributed by atoms with Crippen LogP contribution in [-0.4, -0.2) is 74.4 Å². The summed E-state index contributed by atoms with van der Waals surface area (Å²) in [6, 6.07) is 4.03. The Hall–Kier alpha value is -3.94. The highest BCUT2D eigenvalue weighted by atomic mass is 19.2. The predicted octanol–water partition coefficient (Wildman–Crippen LogP) is 2.60. The van der Waals surface area contributed by atoms with Gasteiger partial charge in [-0.1, -0.05) is 12.1 Å². The number of urea groups is 2. The van der Waals surface area contributed by atoms with E-state index in [0.29, 0.717) is 6.54 Å². The van der Waals surface area contributed by atoms with Gasteiger partial charge in [-0.2, -0.15) is 0 Å². The standard InChI is InChI=1S/C28H34F2N6O5/c1-16-5-4-9-33-24(16)21-14-18(8-10-32-21)31-11-12-34-27(38)36-25(17-6-7-19(29)20(30)13-17)23(26(37)41-3)22(15-40-2)35-28(36)39/h4-7,9,13,18,21,25,31-32H,8,10-12,14-15H2,1-3H3,(H,34,38)(H,35,39)/t18?,21?,25-/m0/s1. The lowest BCUT2D eigenvalue weighted by molar-refractivity contribution is -0.137. The molecule has 4 N–H and O–H groups in total. The van der Waals surface area contributed by atoms with Crippen LogP contribution in [0, 0.1) is 18.6 Å². The lowest BCUT2D eigenvalue weighted by Gasteiger charge is -2.36. The van der Waals surface area contributed by atoms with Crippen molar-refractivity contribution in [3.63, 3.8) is 0 Å². The molecule has 2 aliphatic heterocycles. The summed E-state index contributed by atoms with van der Waals surface area (Å²) in [5.41, 5.74) is 2.04. The maximum atomic E-state index is 14.2. The minimum atomic E-state index is -1.39. The van der Waals surface area contributed by atoms with E-state index in [2.05, 4.69) is 26.3 Å². The first kappa shape index (κ1) is 30.0. The highest BCUT2D eigenvalue weighted by Crippen LogP contribution is 2.35. The largest absolute Gasteiger partial charge is 0.466 e. The van der Waals surface area contributed by atoms with E-state index in [9.17, 15) is 23.2 Å². The average Bonchev–Trinajstić information content (AvgIpc) is 2.96. The third-order valence-corrected chi connectivity index (χ3v) is 7.12. The van der Waals surface area contributed by atoms with Gasteiger partial charge >= 0.3 is 18.0 Å². The van der Waals surface area contributed by atoms with Crippen LogP contribution in [0.1, 0.15) is 41.7 Å². The van der Waals surface area contributed by atoms with Gasteiger partial charge in [0.15, 0.2) is 11.6 Å². The molecule has 1 aromatic heterocycles. The molecule has 4 amide bonds. The molecule has 0 bridgehead atoms. The van der Waals surface area contributed by atoms with Crippen molar-refractivity contribution in [3.05, 3.63) is 76.3 Å². The van der Waals surface area contributed by atoms with Gasteiger partial charge in [0.25, 0.3) is 0 Å². The number of esters is 1. The van der Waals surface area contributed by atoms with E-state index in [0.717, 1.165) is 54.8 Å². The zero-order chi connectivity index (χ0) is 29.5. The third-order valence-electron chi connectivity index (χ3n) is 7.12. The van der Waals surface area contributed by atoms with Crippen LogP contribution >= 0.6 is 0 Å². The Morgan fingerprint density at radius 1 is 1.17 bits per heavy atom. The van der Waals surface area contributed by atoms with Crippen LogP contribution < -0.4 is 21.3 Å². The summed E-state index contributed by atoms with van der Waals surface area (Å²) in [6.07, 6.45) is 3.48. The molecular formula is C28H34F2N6O5. The number of carbonyl (C=O) groups is 3. The molecule has 41 heavy (non-hydrogen) atoms. The number of benzene rings is 1. The van der Waals surface area contributed by atoms with Crippen molar-refractivity contribution >= 4 is 18.0 Å². The fourth-order valence-corrected chi connectivity index (χ4v) is 5.18. The lowest BCUT2D eigenvalue weighted by atomic mass is 9.93. The molecule has 11 nitrogen and oxygen atoms in total. The zero-order valence-corrected chi connectivity index (χ0v) is 23.1. The number of hydrogen-bond donors (Lipinski definition) is 4. The number of pyridine rings is 1. The number of carbonyl (C=O) groups excluding carboxylic acids is 3. The average molecular weight is 573 g/mol. The van der Waals surface area contributed by atoms with Crippen molar-refractivity contribution in [2.45, 2.75) is 37.9 Å². The number of aromatic nitrogens is 1. The number of imide groups is 1. The van der Waals surface area contributed by atoms with Crippen LogP contribution in [0.2, 0.25) is 0 Å². The number of halogens is 2. The van der Waals surface area contributed by atoms with Gasteiger partial charge in [0.05, 0.1) is 36.7 Å². The maximum Gasteiger partial charge on any atom is 0.338 e. The molecule has 0 radical (unpaired) electrons. The van der Waals surface area contributed by atoms with Crippen LogP contribution in [0.15, 0.2) is 47.8 Å². The zero-order valence-electron chi connectivity index (χ0n) is 23.1. The summed E-state index contributed by atoms with van der Waals surface area (Å²) >= 11 is 0. The Labute approximate surface area is 236 Å². The summed E-state index contributed by atoms with van der Waals surface area (Å²) in [5.74, 6) is -3.18. The fraction of sp³-hybridized carbons (Fsp3) is 0.429. The first-order valence-electron chi connectivity index (χ1n) is 13.3. The van der Waals surface area contributed by atoms with Gasteiger partial charge in [0.2, 0.25) is 0 Å². The van der Waals surface area contributed by atoms with E-state index < -0.39 is 35.7 Å². The number of amides is 4. The Morgan fingerprint density at radius 2 is 1.98 bits per heavy atom. The van der Waals surface area contributed by atoms with Crippen LogP contribution in [0.4, 0.5) is 18.4 Å². The first-order valence-corrected chi connectivity index (χ1v) is 13.3. The van der Waals surface area contributed by atoms with Crippen molar-refractivity contribution < 1.29 is 32.6 Å². The molecular weight excluding hydrogens is 538 g/mol. The molecule has 4 rings (SSSR count). The molecule has 2 aromatic rings. The molecule has 220 valence electrons. The molecule has 3 atom stereocenters. The van der Waals surface area contributed by atoms with E-state index >= 15 is 0 Å². The minimum Gasteiger partial charge on any atom is -0.466 e. The summed E-state index contributed by atoms with van der Waals surface area (Å²) in [6.45, 7) is 3.21. The molecule has 2 unspecified atom stereocenters. The van der Waals surface area contributed by atoms with Gasteiger partial charge in [-0.15, -0.1) is 0 Å². The second-order valence-corrected chi connectivity index (χ2v) is 9.81. The minimum absolute atomic E-state index is 0.00610. The highest BCUT2D eigenvalue weighted by molar-refractivity contribution is 6.01. The normalized spacial score (nSPS) is 21.0. The second-order valence-electron chi connectivity index (χ2n) is 9.81.